The van der Waals surface area contributed by atoms with Gasteiger partial charge in [0.2, 0.25) is 5.91 Å². The van der Waals surface area contributed by atoms with E-state index in [0.29, 0.717) is 22.1 Å². The maximum atomic E-state index is 12.2. The summed E-state index contributed by atoms with van der Waals surface area (Å²) in [4.78, 5) is 11.9. The van der Waals surface area contributed by atoms with Crippen molar-refractivity contribution in [2.24, 2.45) is 0 Å². The van der Waals surface area contributed by atoms with Gasteiger partial charge < -0.3 is 10.1 Å². The van der Waals surface area contributed by atoms with Gasteiger partial charge in [0, 0.05) is 25.7 Å². The lowest BCUT2D eigenvalue weighted by Gasteiger charge is -2.15. The van der Waals surface area contributed by atoms with Gasteiger partial charge >= 0.3 is 0 Å². The van der Waals surface area contributed by atoms with E-state index in [1.165, 1.54) is 22.7 Å². The molecule has 0 aliphatic carbocycles. The summed E-state index contributed by atoms with van der Waals surface area (Å²) < 4.78 is 31.1. The summed E-state index contributed by atoms with van der Waals surface area (Å²) in [5.41, 5.74) is 0.681. The zero-order valence-electron chi connectivity index (χ0n) is 13.6. The number of benzene rings is 1. The van der Waals surface area contributed by atoms with E-state index in [1.54, 1.807) is 48.9 Å². The molecule has 2 rings (SSSR count). The molecule has 0 saturated heterocycles. The van der Waals surface area contributed by atoms with E-state index in [-0.39, 0.29) is 18.9 Å². The Hall–Kier alpha value is -1.90. The predicted octanol–water partition coefficient (Wildman–Crippen LogP) is 2.80. The first-order valence-electron chi connectivity index (χ1n) is 7.37. The van der Waals surface area contributed by atoms with E-state index in [4.69, 9.17) is 4.74 Å². The number of anilines is 1. The molecule has 0 saturated carbocycles. The number of carbonyl (C=O) groups excluding carboxylic acids is 1. The minimum atomic E-state index is -3.45. The van der Waals surface area contributed by atoms with Gasteiger partial charge in [-0.25, -0.2) is 12.7 Å². The van der Waals surface area contributed by atoms with Gasteiger partial charge in [0.25, 0.3) is 10.0 Å². The van der Waals surface area contributed by atoms with Crippen LogP contribution in [0.25, 0.3) is 0 Å². The van der Waals surface area contributed by atoms with Crippen molar-refractivity contribution in [3.63, 3.8) is 0 Å². The standard InChI is InChI=1S/C16H20N2O4S2/c1-18(24(20,21)16-6-4-12-23-16)11-3-5-15(19)17-13-7-9-14(22-2)10-8-13/h4,6-10,12H,3,5,11H2,1-2H3,(H,17,19). The van der Waals surface area contributed by atoms with Crippen molar-refractivity contribution >= 4 is 33.0 Å². The molecule has 6 nitrogen and oxygen atoms in total. The number of rotatable bonds is 8. The second-order valence-electron chi connectivity index (χ2n) is 5.14. The van der Waals surface area contributed by atoms with Crippen molar-refractivity contribution in [3.05, 3.63) is 41.8 Å². The zero-order chi connectivity index (χ0) is 17.6. The Labute approximate surface area is 146 Å². The van der Waals surface area contributed by atoms with Crippen LogP contribution in [0.15, 0.2) is 46.0 Å². The lowest BCUT2D eigenvalue weighted by Crippen LogP contribution is -2.28. The summed E-state index contributed by atoms with van der Waals surface area (Å²) in [6.07, 6.45) is 0.694. The molecule has 0 atom stereocenters. The molecule has 1 heterocycles. The van der Waals surface area contributed by atoms with Crippen LogP contribution in [0.4, 0.5) is 5.69 Å². The molecule has 2 aromatic rings. The van der Waals surface area contributed by atoms with Gasteiger partial charge in [0.15, 0.2) is 0 Å². The summed E-state index contributed by atoms with van der Waals surface area (Å²) in [7, 11) is -0.352. The molecule has 0 radical (unpaired) electrons. The molecule has 0 spiro atoms. The largest absolute Gasteiger partial charge is 0.497 e. The maximum Gasteiger partial charge on any atom is 0.252 e. The van der Waals surface area contributed by atoms with Gasteiger partial charge in [-0.3, -0.25) is 4.79 Å². The second-order valence-corrected chi connectivity index (χ2v) is 8.36. The zero-order valence-corrected chi connectivity index (χ0v) is 15.2. The first-order valence-corrected chi connectivity index (χ1v) is 9.69. The van der Waals surface area contributed by atoms with Crippen molar-refractivity contribution in [2.75, 3.05) is 26.0 Å². The van der Waals surface area contributed by atoms with Gasteiger partial charge in [0.1, 0.15) is 9.96 Å². The fourth-order valence-electron chi connectivity index (χ4n) is 2.04. The van der Waals surface area contributed by atoms with Crippen LogP contribution >= 0.6 is 11.3 Å². The Morgan fingerprint density at radius 1 is 1.25 bits per heavy atom. The lowest BCUT2D eigenvalue weighted by molar-refractivity contribution is -0.116. The maximum absolute atomic E-state index is 12.2. The molecule has 8 heteroatoms. The van der Waals surface area contributed by atoms with Crippen LogP contribution in [0.3, 0.4) is 0 Å². The van der Waals surface area contributed by atoms with Gasteiger partial charge in [-0.1, -0.05) is 6.07 Å². The summed E-state index contributed by atoms with van der Waals surface area (Å²) in [5.74, 6) is 0.565. The van der Waals surface area contributed by atoms with E-state index in [0.717, 1.165) is 0 Å². The summed E-state index contributed by atoms with van der Waals surface area (Å²) in [5, 5.41) is 4.50. The number of sulfonamides is 1. The quantitative estimate of drug-likeness (QED) is 0.777. The van der Waals surface area contributed by atoms with Crippen LogP contribution < -0.4 is 10.1 Å². The van der Waals surface area contributed by atoms with E-state index in [1.807, 2.05) is 0 Å². The van der Waals surface area contributed by atoms with E-state index < -0.39 is 10.0 Å². The van der Waals surface area contributed by atoms with Crippen molar-refractivity contribution in [1.82, 2.24) is 4.31 Å². The molecule has 0 unspecified atom stereocenters. The monoisotopic (exact) mass is 368 g/mol. The van der Waals surface area contributed by atoms with Crippen molar-refractivity contribution < 1.29 is 17.9 Å². The fourth-order valence-corrected chi connectivity index (χ4v) is 4.45. The average molecular weight is 368 g/mol. The highest BCUT2D eigenvalue weighted by Gasteiger charge is 2.21. The third kappa shape index (κ3) is 4.80. The number of methoxy groups -OCH3 is 1. The van der Waals surface area contributed by atoms with E-state index in [9.17, 15) is 13.2 Å². The Bertz CT molecular complexity index is 756. The SMILES string of the molecule is COc1ccc(NC(=O)CCCN(C)S(=O)(=O)c2cccs2)cc1. The first kappa shape index (κ1) is 18.4. The number of ether oxygens (including phenoxy) is 1. The topological polar surface area (TPSA) is 75.7 Å². The number of nitrogens with one attached hydrogen (secondary N) is 1. The van der Waals surface area contributed by atoms with Crippen LogP contribution in [-0.4, -0.2) is 39.3 Å². The minimum Gasteiger partial charge on any atom is -0.497 e. The molecule has 1 N–H and O–H groups in total. The van der Waals surface area contributed by atoms with E-state index in [2.05, 4.69) is 5.32 Å². The lowest BCUT2D eigenvalue weighted by atomic mass is 10.2. The highest BCUT2D eigenvalue weighted by molar-refractivity contribution is 7.91. The molecule has 0 bridgehead atoms. The Balaban J connectivity index is 1.79. The summed E-state index contributed by atoms with van der Waals surface area (Å²) in [6, 6.07) is 10.3. The normalized spacial score (nSPS) is 11.5. The Morgan fingerprint density at radius 2 is 1.96 bits per heavy atom. The van der Waals surface area contributed by atoms with Crippen molar-refractivity contribution in [3.8, 4) is 5.75 Å². The third-order valence-electron chi connectivity index (χ3n) is 3.41. The molecule has 24 heavy (non-hydrogen) atoms. The molecule has 1 aromatic heterocycles. The molecule has 1 aromatic carbocycles. The molecule has 1 amide bonds. The second kappa shape index (κ2) is 8.27. The van der Waals surface area contributed by atoms with Crippen LogP contribution in [0.5, 0.6) is 5.75 Å². The Morgan fingerprint density at radius 3 is 2.54 bits per heavy atom. The molecule has 0 fully saturated rings. The highest BCUT2D eigenvalue weighted by Crippen LogP contribution is 2.20. The van der Waals surface area contributed by atoms with Crippen LogP contribution in [-0.2, 0) is 14.8 Å². The van der Waals surface area contributed by atoms with Gasteiger partial charge in [-0.05, 0) is 42.1 Å². The number of carbonyl (C=O) groups is 1. The number of hydrogen-bond acceptors (Lipinski definition) is 5. The van der Waals surface area contributed by atoms with E-state index >= 15 is 0 Å². The molecule has 0 aliphatic heterocycles. The number of nitrogens with zero attached hydrogens (tertiary/aromatic N) is 1. The van der Waals surface area contributed by atoms with Crippen molar-refractivity contribution in [1.29, 1.82) is 0 Å². The minimum absolute atomic E-state index is 0.151. The molecule has 0 aliphatic rings. The molecule has 130 valence electrons. The highest BCUT2D eigenvalue weighted by atomic mass is 32.2. The van der Waals surface area contributed by atoms with Crippen molar-refractivity contribution in [2.45, 2.75) is 17.1 Å². The van der Waals surface area contributed by atoms with Crippen LogP contribution in [0.1, 0.15) is 12.8 Å². The molecular formula is C16H20N2O4S2. The smallest absolute Gasteiger partial charge is 0.252 e. The molecular weight excluding hydrogens is 348 g/mol. The van der Waals surface area contributed by atoms with Gasteiger partial charge in [-0.2, -0.15) is 0 Å². The Kier molecular flexibility index (Phi) is 6.36. The van der Waals surface area contributed by atoms with Gasteiger partial charge in [0.05, 0.1) is 7.11 Å². The number of thiophene rings is 1. The van der Waals surface area contributed by atoms with Crippen LogP contribution in [0, 0.1) is 0 Å². The third-order valence-corrected chi connectivity index (χ3v) is 6.64. The van der Waals surface area contributed by atoms with Gasteiger partial charge in [-0.15, -0.1) is 11.3 Å². The number of hydrogen-bond donors (Lipinski definition) is 1. The first-order chi connectivity index (χ1) is 11.4. The predicted molar refractivity (Wildman–Crippen MR) is 95.0 cm³/mol. The summed E-state index contributed by atoms with van der Waals surface area (Å²) >= 11 is 1.18. The number of amides is 1. The van der Waals surface area contributed by atoms with Crippen LogP contribution in [0.2, 0.25) is 0 Å². The fraction of sp³-hybridized carbons (Fsp3) is 0.312. The summed E-state index contributed by atoms with van der Waals surface area (Å²) in [6.45, 7) is 0.288. The average Bonchev–Trinajstić information content (AvgIpc) is 3.10.